The fraction of sp³-hybridized carbons (Fsp3) is 0.364. The summed E-state index contributed by atoms with van der Waals surface area (Å²) < 4.78 is 12.9. The fourth-order valence-corrected chi connectivity index (χ4v) is 3.53. The van der Waals surface area contributed by atoms with Gasteiger partial charge in [0.2, 0.25) is 5.91 Å². The number of urea groups is 1. The molecular formula is C22H26FN3O2. The minimum absolute atomic E-state index is 0.00728. The van der Waals surface area contributed by atoms with Gasteiger partial charge in [0.1, 0.15) is 11.9 Å². The molecule has 2 aromatic carbocycles. The van der Waals surface area contributed by atoms with Crippen molar-refractivity contribution in [2.75, 3.05) is 0 Å². The summed E-state index contributed by atoms with van der Waals surface area (Å²) in [6.07, 6.45) is 3.16. The Hall–Kier alpha value is -2.89. The molecule has 28 heavy (non-hydrogen) atoms. The highest BCUT2D eigenvalue weighted by molar-refractivity contribution is 5.87. The molecule has 0 fully saturated rings. The Morgan fingerprint density at radius 2 is 1.89 bits per heavy atom. The molecule has 0 radical (unpaired) electrons. The Kier molecular flexibility index (Phi) is 6.63. The summed E-state index contributed by atoms with van der Waals surface area (Å²) >= 11 is 0. The molecule has 0 bridgehead atoms. The quantitative estimate of drug-likeness (QED) is 0.684. The van der Waals surface area contributed by atoms with Gasteiger partial charge in [0.15, 0.2) is 0 Å². The first kappa shape index (κ1) is 19.9. The minimum atomic E-state index is -0.592. The molecule has 1 aliphatic carbocycles. The summed E-state index contributed by atoms with van der Waals surface area (Å²) in [6.45, 7) is 2.24. The number of halogens is 1. The van der Waals surface area contributed by atoms with Crippen LogP contribution < -0.4 is 16.0 Å². The number of rotatable bonds is 7. The zero-order valence-corrected chi connectivity index (χ0v) is 16.0. The molecule has 5 nitrogen and oxygen atoms in total. The van der Waals surface area contributed by atoms with E-state index >= 15 is 0 Å². The molecule has 6 heteroatoms. The molecule has 3 rings (SSSR count). The van der Waals surface area contributed by atoms with Gasteiger partial charge >= 0.3 is 6.03 Å². The summed E-state index contributed by atoms with van der Waals surface area (Å²) in [5.74, 6) is -0.484. The van der Waals surface area contributed by atoms with Crippen LogP contribution in [0.15, 0.2) is 48.5 Å². The van der Waals surface area contributed by atoms with Crippen LogP contribution >= 0.6 is 0 Å². The van der Waals surface area contributed by atoms with Gasteiger partial charge in [-0.05, 0) is 48.1 Å². The van der Waals surface area contributed by atoms with E-state index in [1.54, 1.807) is 12.1 Å². The predicted octanol–water partition coefficient (Wildman–Crippen LogP) is 3.60. The lowest BCUT2D eigenvalue weighted by Gasteiger charge is -2.21. The van der Waals surface area contributed by atoms with Crippen molar-refractivity contribution in [3.63, 3.8) is 0 Å². The van der Waals surface area contributed by atoms with Crippen LogP contribution in [0, 0.1) is 5.82 Å². The summed E-state index contributed by atoms with van der Waals surface area (Å²) in [4.78, 5) is 25.0. The first-order chi connectivity index (χ1) is 13.6. The number of aryl methyl sites for hydroxylation is 1. The molecule has 0 saturated heterocycles. The zero-order chi connectivity index (χ0) is 19.9. The molecule has 2 atom stereocenters. The Labute approximate surface area is 164 Å². The second-order valence-corrected chi connectivity index (χ2v) is 7.09. The van der Waals surface area contributed by atoms with Crippen molar-refractivity contribution in [3.05, 3.63) is 71.0 Å². The van der Waals surface area contributed by atoms with Crippen LogP contribution in [0.2, 0.25) is 0 Å². The number of amides is 3. The Bertz CT molecular complexity index is 823. The highest BCUT2D eigenvalue weighted by atomic mass is 19.1. The molecule has 0 spiro atoms. The lowest BCUT2D eigenvalue weighted by atomic mass is 10.1. The molecule has 148 valence electrons. The molecule has 1 aliphatic rings. The van der Waals surface area contributed by atoms with Gasteiger partial charge in [-0.3, -0.25) is 4.79 Å². The Balaban J connectivity index is 1.54. The number of fused-ring (bicyclic) bond motifs is 1. The zero-order valence-electron chi connectivity index (χ0n) is 16.0. The van der Waals surface area contributed by atoms with E-state index in [-0.39, 0.29) is 24.3 Å². The molecule has 3 amide bonds. The lowest BCUT2D eigenvalue weighted by Crippen LogP contribution is -2.50. The number of hydrogen-bond donors (Lipinski definition) is 3. The van der Waals surface area contributed by atoms with E-state index in [4.69, 9.17) is 0 Å². The first-order valence-corrected chi connectivity index (χ1v) is 9.73. The average Bonchev–Trinajstić information content (AvgIpc) is 3.10. The number of hydrogen-bond acceptors (Lipinski definition) is 2. The minimum Gasteiger partial charge on any atom is -0.347 e. The van der Waals surface area contributed by atoms with Crippen LogP contribution in [0.5, 0.6) is 0 Å². The van der Waals surface area contributed by atoms with E-state index in [9.17, 15) is 14.0 Å². The van der Waals surface area contributed by atoms with E-state index in [1.165, 1.54) is 17.7 Å². The number of benzene rings is 2. The normalized spacial score (nSPS) is 16.1. The molecule has 0 saturated carbocycles. The van der Waals surface area contributed by atoms with Crippen LogP contribution in [-0.2, 0) is 17.8 Å². The van der Waals surface area contributed by atoms with Crippen LogP contribution in [0.4, 0.5) is 9.18 Å². The molecule has 0 heterocycles. The summed E-state index contributed by atoms with van der Waals surface area (Å²) in [5, 5.41) is 8.56. The van der Waals surface area contributed by atoms with Crippen molar-refractivity contribution in [2.45, 2.75) is 51.2 Å². The monoisotopic (exact) mass is 383 g/mol. The van der Waals surface area contributed by atoms with E-state index in [2.05, 4.69) is 22.0 Å². The third-order valence-corrected chi connectivity index (χ3v) is 5.01. The van der Waals surface area contributed by atoms with Gasteiger partial charge in [-0.1, -0.05) is 49.7 Å². The highest BCUT2D eigenvalue weighted by Gasteiger charge is 2.27. The average molecular weight is 383 g/mol. The third kappa shape index (κ3) is 5.09. The van der Waals surface area contributed by atoms with Crippen molar-refractivity contribution in [3.8, 4) is 0 Å². The first-order valence-electron chi connectivity index (χ1n) is 9.73. The van der Waals surface area contributed by atoms with E-state index in [1.807, 2.05) is 25.1 Å². The standard InChI is InChI=1S/C22H26FN3O2/c1-2-5-20(26-22(28)24-14-15-8-11-17(23)12-9-15)21(27)25-19-13-10-16-6-3-4-7-18(16)19/h3-4,6-9,11-12,19-20H,2,5,10,13-14H2,1H3,(H,25,27)(H2,24,26,28). The van der Waals surface area contributed by atoms with Crippen molar-refractivity contribution in [1.82, 2.24) is 16.0 Å². The predicted molar refractivity (Wildman–Crippen MR) is 106 cm³/mol. The Morgan fingerprint density at radius 3 is 2.64 bits per heavy atom. The molecule has 3 N–H and O–H groups in total. The summed E-state index contributed by atoms with van der Waals surface area (Å²) in [7, 11) is 0. The molecule has 2 aromatic rings. The van der Waals surface area contributed by atoms with Gasteiger partial charge < -0.3 is 16.0 Å². The molecular weight excluding hydrogens is 357 g/mol. The number of carbonyl (C=O) groups excluding carboxylic acids is 2. The van der Waals surface area contributed by atoms with Crippen LogP contribution in [0.25, 0.3) is 0 Å². The van der Waals surface area contributed by atoms with Crippen molar-refractivity contribution < 1.29 is 14.0 Å². The summed E-state index contributed by atoms with van der Waals surface area (Å²) in [6, 6.07) is 13.0. The van der Waals surface area contributed by atoms with E-state index in [0.717, 1.165) is 30.4 Å². The smallest absolute Gasteiger partial charge is 0.315 e. The second-order valence-electron chi connectivity index (χ2n) is 7.09. The summed E-state index contributed by atoms with van der Waals surface area (Å²) in [5.41, 5.74) is 3.22. The van der Waals surface area contributed by atoms with Gasteiger partial charge in [-0.25, -0.2) is 9.18 Å². The SMILES string of the molecule is CCCC(NC(=O)NCc1ccc(F)cc1)C(=O)NC1CCc2ccccc21. The maximum absolute atomic E-state index is 12.9. The maximum atomic E-state index is 12.9. The van der Waals surface area contributed by atoms with Crippen molar-refractivity contribution >= 4 is 11.9 Å². The van der Waals surface area contributed by atoms with Gasteiger partial charge in [0, 0.05) is 6.54 Å². The van der Waals surface area contributed by atoms with Gasteiger partial charge in [0.05, 0.1) is 6.04 Å². The Morgan fingerprint density at radius 1 is 1.14 bits per heavy atom. The van der Waals surface area contributed by atoms with Crippen molar-refractivity contribution in [2.24, 2.45) is 0 Å². The van der Waals surface area contributed by atoms with E-state index < -0.39 is 12.1 Å². The highest BCUT2D eigenvalue weighted by Crippen LogP contribution is 2.30. The number of nitrogens with one attached hydrogen (secondary N) is 3. The third-order valence-electron chi connectivity index (χ3n) is 5.01. The molecule has 0 aliphatic heterocycles. The second kappa shape index (κ2) is 9.35. The van der Waals surface area contributed by atoms with Crippen LogP contribution in [0.3, 0.4) is 0 Å². The molecule has 0 aromatic heterocycles. The fourth-order valence-electron chi connectivity index (χ4n) is 3.53. The van der Waals surface area contributed by atoms with E-state index in [0.29, 0.717) is 6.42 Å². The van der Waals surface area contributed by atoms with Crippen LogP contribution in [0.1, 0.15) is 48.9 Å². The van der Waals surface area contributed by atoms with Gasteiger partial charge in [-0.2, -0.15) is 0 Å². The lowest BCUT2D eigenvalue weighted by molar-refractivity contribution is -0.123. The number of carbonyl (C=O) groups is 2. The van der Waals surface area contributed by atoms with Crippen LogP contribution in [-0.4, -0.2) is 18.0 Å². The van der Waals surface area contributed by atoms with Gasteiger partial charge in [-0.15, -0.1) is 0 Å². The van der Waals surface area contributed by atoms with Crippen molar-refractivity contribution in [1.29, 1.82) is 0 Å². The van der Waals surface area contributed by atoms with Gasteiger partial charge in [0.25, 0.3) is 0 Å². The topological polar surface area (TPSA) is 70.2 Å². The largest absolute Gasteiger partial charge is 0.347 e. The maximum Gasteiger partial charge on any atom is 0.315 e. The molecule has 2 unspecified atom stereocenters.